The number of fused-ring (bicyclic) bond motifs is 1. The maximum Gasteiger partial charge on any atom is 0.410 e. The number of hydrogen-bond donors (Lipinski definition) is 2. The van der Waals surface area contributed by atoms with Crippen molar-refractivity contribution >= 4 is 24.0 Å². The predicted octanol–water partition coefficient (Wildman–Crippen LogP) is 3.19. The van der Waals surface area contributed by atoms with Gasteiger partial charge in [0.15, 0.2) is 0 Å². The van der Waals surface area contributed by atoms with Crippen molar-refractivity contribution in [1.82, 2.24) is 15.1 Å². The molecule has 35 heavy (non-hydrogen) atoms. The number of unbranched alkanes of at least 4 members (excludes halogenated alkanes) is 1. The van der Waals surface area contributed by atoms with Gasteiger partial charge in [-0.3, -0.25) is 14.5 Å². The molecule has 0 saturated carbocycles. The molecule has 10 heteroatoms. The molecule has 1 aromatic carbocycles. The van der Waals surface area contributed by atoms with E-state index in [9.17, 15) is 24.3 Å². The van der Waals surface area contributed by atoms with Crippen LogP contribution >= 0.6 is 0 Å². The number of carbonyl (C=O) groups is 4. The van der Waals surface area contributed by atoms with E-state index in [-0.39, 0.29) is 38.0 Å². The van der Waals surface area contributed by atoms with Crippen LogP contribution in [0, 0.1) is 0 Å². The molecule has 0 radical (unpaired) electrons. The normalized spacial score (nSPS) is 14.4. The SMILES string of the molecule is CC(C)(C)OC(=O)NC[C@H](O)CN(CCCCN1C(=O)c2ccccc2C1=O)C(=O)OC(C)(C)C. The zero-order valence-corrected chi connectivity index (χ0v) is 21.4. The highest BCUT2D eigenvalue weighted by Crippen LogP contribution is 2.22. The molecule has 194 valence electrons. The third kappa shape index (κ3) is 8.86. The quantitative estimate of drug-likeness (QED) is 0.401. The fourth-order valence-corrected chi connectivity index (χ4v) is 3.43. The van der Waals surface area contributed by atoms with Crippen LogP contribution in [0.4, 0.5) is 9.59 Å². The van der Waals surface area contributed by atoms with Crippen LogP contribution in [0.5, 0.6) is 0 Å². The first-order valence-electron chi connectivity index (χ1n) is 11.8. The van der Waals surface area contributed by atoms with E-state index in [1.54, 1.807) is 65.8 Å². The molecular formula is C25H37N3O7. The van der Waals surface area contributed by atoms with Gasteiger partial charge >= 0.3 is 12.2 Å². The van der Waals surface area contributed by atoms with Crippen LogP contribution in [0.2, 0.25) is 0 Å². The van der Waals surface area contributed by atoms with Gasteiger partial charge in [0.1, 0.15) is 11.2 Å². The Hall–Kier alpha value is -3.14. The smallest absolute Gasteiger partial charge is 0.410 e. The van der Waals surface area contributed by atoms with Crippen molar-refractivity contribution in [1.29, 1.82) is 0 Å². The molecule has 10 nitrogen and oxygen atoms in total. The molecule has 0 fully saturated rings. The average molecular weight is 492 g/mol. The lowest BCUT2D eigenvalue weighted by Gasteiger charge is -2.29. The van der Waals surface area contributed by atoms with Crippen LogP contribution in [0.25, 0.3) is 0 Å². The van der Waals surface area contributed by atoms with Crippen LogP contribution in [0.1, 0.15) is 75.1 Å². The number of hydrogen-bond acceptors (Lipinski definition) is 7. The predicted molar refractivity (Wildman–Crippen MR) is 129 cm³/mol. The Morgan fingerprint density at radius 1 is 0.971 bits per heavy atom. The van der Waals surface area contributed by atoms with E-state index in [0.29, 0.717) is 24.0 Å². The summed E-state index contributed by atoms with van der Waals surface area (Å²) in [4.78, 5) is 52.1. The van der Waals surface area contributed by atoms with Crippen molar-refractivity contribution in [3.63, 3.8) is 0 Å². The molecule has 4 amide bonds. The van der Waals surface area contributed by atoms with E-state index in [2.05, 4.69) is 5.32 Å². The van der Waals surface area contributed by atoms with Gasteiger partial charge in [0.25, 0.3) is 11.8 Å². The van der Waals surface area contributed by atoms with Gasteiger partial charge in [0, 0.05) is 19.6 Å². The number of alkyl carbamates (subject to hydrolysis) is 1. The van der Waals surface area contributed by atoms with E-state index in [1.807, 2.05) is 0 Å². The highest BCUT2D eigenvalue weighted by atomic mass is 16.6. The fourth-order valence-electron chi connectivity index (χ4n) is 3.43. The number of ether oxygens (including phenoxy) is 2. The molecule has 1 aliphatic heterocycles. The lowest BCUT2D eigenvalue weighted by molar-refractivity contribution is 0.0134. The maximum atomic E-state index is 12.7. The highest BCUT2D eigenvalue weighted by molar-refractivity contribution is 6.21. The van der Waals surface area contributed by atoms with E-state index in [0.717, 1.165) is 0 Å². The third-order valence-corrected chi connectivity index (χ3v) is 4.90. The molecule has 0 spiro atoms. The van der Waals surface area contributed by atoms with Gasteiger partial charge in [-0.1, -0.05) is 12.1 Å². The molecule has 1 aliphatic rings. The third-order valence-electron chi connectivity index (χ3n) is 4.90. The molecule has 2 rings (SSSR count). The minimum atomic E-state index is -1.05. The summed E-state index contributed by atoms with van der Waals surface area (Å²) in [5, 5.41) is 12.9. The number of nitrogens with zero attached hydrogens (tertiary/aromatic N) is 2. The van der Waals surface area contributed by atoms with E-state index < -0.39 is 29.5 Å². The van der Waals surface area contributed by atoms with Crippen molar-refractivity contribution in [2.24, 2.45) is 0 Å². The Morgan fingerprint density at radius 2 is 1.51 bits per heavy atom. The van der Waals surface area contributed by atoms with Gasteiger partial charge in [-0.05, 0) is 66.5 Å². The molecule has 0 saturated heterocycles. The number of rotatable bonds is 9. The minimum Gasteiger partial charge on any atom is -0.444 e. The van der Waals surface area contributed by atoms with Crippen molar-refractivity contribution < 1.29 is 33.8 Å². The molecule has 2 N–H and O–H groups in total. The van der Waals surface area contributed by atoms with Crippen LogP contribution in [0.3, 0.4) is 0 Å². The monoisotopic (exact) mass is 491 g/mol. The lowest BCUT2D eigenvalue weighted by atomic mass is 10.1. The molecule has 1 atom stereocenters. The Bertz CT molecular complexity index is 899. The van der Waals surface area contributed by atoms with Crippen LogP contribution in [0.15, 0.2) is 24.3 Å². The first-order chi connectivity index (χ1) is 16.2. The fraction of sp³-hybridized carbons (Fsp3) is 0.600. The van der Waals surface area contributed by atoms with Gasteiger partial charge < -0.3 is 24.8 Å². The first kappa shape index (κ1) is 28.1. The first-order valence-corrected chi connectivity index (χ1v) is 11.8. The van der Waals surface area contributed by atoms with Crippen LogP contribution in [-0.2, 0) is 9.47 Å². The molecule has 1 aromatic rings. The van der Waals surface area contributed by atoms with E-state index >= 15 is 0 Å². The molecule has 1 heterocycles. The summed E-state index contributed by atoms with van der Waals surface area (Å²) in [5.41, 5.74) is -0.603. The number of imide groups is 1. The number of amides is 4. The van der Waals surface area contributed by atoms with Crippen molar-refractivity contribution in [2.45, 2.75) is 71.7 Å². The Kier molecular flexibility index (Phi) is 9.25. The summed E-state index contributed by atoms with van der Waals surface area (Å²) < 4.78 is 10.6. The summed E-state index contributed by atoms with van der Waals surface area (Å²) in [6.07, 6.45) is -1.38. The summed E-state index contributed by atoms with van der Waals surface area (Å²) in [6.45, 7) is 10.7. The molecule has 0 aromatic heterocycles. The zero-order valence-electron chi connectivity index (χ0n) is 21.4. The molecular weight excluding hydrogens is 454 g/mol. The van der Waals surface area contributed by atoms with Crippen molar-refractivity contribution in [3.05, 3.63) is 35.4 Å². The Balaban J connectivity index is 1.89. The topological polar surface area (TPSA) is 125 Å². The van der Waals surface area contributed by atoms with Crippen LogP contribution < -0.4 is 5.32 Å². The van der Waals surface area contributed by atoms with E-state index in [1.165, 1.54) is 9.80 Å². The summed E-state index contributed by atoms with van der Waals surface area (Å²) in [7, 11) is 0. The Labute approximate surface area is 206 Å². The summed E-state index contributed by atoms with van der Waals surface area (Å²) in [6, 6.07) is 6.70. The maximum absolute atomic E-state index is 12.7. The van der Waals surface area contributed by atoms with Crippen molar-refractivity contribution in [2.75, 3.05) is 26.2 Å². The number of nitrogens with one attached hydrogen (secondary N) is 1. The Morgan fingerprint density at radius 3 is 2.03 bits per heavy atom. The second-order valence-electron chi connectivity index (χ2n) is 10.5. The highest BCUT2D eigenvalue weighted by Gasteiger charge is 2.34. The lowest BCUT2D eigenvalue weighted by Crippen LogP contribution is -2.45. The van der Waals surface area contributed by atoms with E-state index in [4.69, 9.17) is 9.47 Å². The van der Waals surface area contributed by atoms with Crippen LogP contribution in [-0.4, -0.2) is 82.4 Å². The van der Waals surface area contributed by atoms with Gasteiger partial charge in [-0.2, -0.15) is 0 Å². The number of aliphatic hydroxyl groups excluding tert-OH is 1. The standard InChI is InChI=1S/C25H37N3O7/c1-24(2,3)34-22(32)26-15-17(29)16-27(23(33)35-25(4,5)6)13-9-10-14-28-20(30)18-11-7-8-12-19(18)21(28)31/h7-8,11-12,17,29H,9-10,13-16H2,1-6H3,(H,26,32)/t17-/m0/s1. The molecule has 0 bridgehead atoms. The minimum absolute atomic E-state index is 0.0717. The number of aliphatic hydroxyl groups is 1. The summed E-state index contributed by atoms with van der Waals surface area (Å²) in [5.74, 6) is -0.642. The largest absolute Gasteiger partial charge is 0.444 e. The molecule has 0 unspecified atom stereocenters. The number of carbonyl (C=O) groups excluding carboxylic acids is 4. The molecule has 0 aliphatic carbocycles. The van der Waals surface area contributed by atoms with Gasteiger partial charge in [-0.15, -0.1) is 0 Å². The number of benzene rings is 1. The van der Waals surface area contributed by atoms with Gasteiger partial charge in [0.2, 0.25) is 0 Å². The average Bonchev–Trinajstić information content (AvgIpc) is 2.97. The van der Waals surface area contributed by atoms with Gasteiger partial charge in [-0.25, -0.2) is 9.59 Å². The van der Waals surface area contributed by atoms with Gasteiger partial charge in [0.05, 0.1) is 23.8 Å². The second-order valence-corrected chi connectivity index (χ2v) is 10.5. The zero-order chi connectivity index (χ0) is 26.4. The second kappa shape index (κ2) is 11.5. The van der Waals surface area contributed by atoms with Crippen molar-refractivity contribution in [3.8, 4) is 0 Å². The summed E-state index contributed by atoms with van der Waals surface area (Å²) >= 11 is 0.